The number of likely N-dealkylation sites (tertiary alicyclic amines) is 1. The monoisotopic (exact) mass is 370 g/mol. The Kier molecular flexibility index (Phi) is 4.53. The van der Waals surface area contributed by atoms with Crippen LogP contribution >= 0.6 is 0 Å². The number of H-pyrrole nitrogens is 1. The average Bonchev–Trinajstić information content (AvgIpc) is 3.45. The number of esters is 1. The van der Waals surface area contributed by atoms with Gasteiger partial charge in [0.15, 0.2) is 18.1 Å². The molecule has 2 aliphatic heterocycles. The molecule has 1 amide bonds. The number of nitrogens with zero attached hydrogens (tertiary/aromatic N) is 1. The van der Waals surface area contributed by atoms with Gasteiger partial charge in [0.05, 0.1) is 5.56 Å². The lowest BCUT2D eigenvalue weighted by atomic mass is 10.2. The fourth-order valence-corrected chi connectivity index (χ4v) is 3.09. The summed E-state index contributed by atoms with van der Waals surface area (Å²) in [6.07, 6.45) is 3.45. The number of ketones is 1. The van der Waals surface area contributed by atoms with Crippen LogP contribution in [0.1, 0.15) is 44.0 Å². The minimum absolute atomic E-state index is 0.109. The molecule has 2 aliphatic rings. The SMILES string of the molecule is O=C(COC(=O)c1ccc2c(c1)OCO2)c1c[nH]c(C(=O)N2CCCC2)c1. The lowest BCUT2D eigenvalue weighted by Gasteiger charge is -2.13. The molecule has 8 heteroatoms. The summed E-state index contributed by atoms with van der Waals surface area (Å²) in [5.74, 6) is -0.119. The third kappa shape index (κ3) is 3.51. The first-order chi connectivity index (χ1) is 13.1. The number of aromatic nitrogens is 1. The number of hydrogen-bond acceptors (Lipinski definition) is 6. The van der Waals surface area contributed by atoms with Crippen LogP contribution in [0.25, 0.3) is 0 Å². The predicted octanol–water partition coefficient (Wildman–Crippen LogP) is 2.02. The van der Waals surface area contributed by atoms with Gasteiger partial charge < -0.3 is 24.1 Å². The smallest absolute Gasteiger partial charge is 0.338 e. The lowest BCUT2D eigenvalue weighted by Crippen LogP contribution is -2.27. The number of carbonyl (C=O) groups excluding carboxylic acids is 3. The highest BCUT2D eigenvalue weighted by Crippen LogP contribution is 2.32. The summed E-state index contributed by atoms with van der Waals surface area (Å²) in [5, 5.41) is 0. The molecule has 0 bridgehead atoms. The van der Waals surface area contributed by atoms with E-state index in [-0.39, 0.29) is 24.0 Å². The molecular formula is C19H18N2O6. The van der Waals surface area contributed by atoms with Crippen LogP contribution in [0.5, 0.6) is 11.5 Å². The summed E-state index contributed by atoms with van der Waals surface area (Å²) in [5.41, 5.74) is 0.935. The van der Waals surface area contributed by atoms with Crippen LogP contribution < -0.4 is 9.47 Å². The van der Waals surface area contributed by atoms with E-state index in [0.717, 1.165) is 25.9 Å². The molecular weight excluding hydrogens is 352 g/mol. The number of nitrogens with one attached hydrogen (secondary N) is 1. The van der Waals surface area contributed by atoms with E-state index in [9.17, 15) is 14.4 Å². The predicted molar refractivity (Wildman–Crippen MR) is 93.1 cm³/mol. The lowest BCUT2D eigenvalue weighted by molar-refractivity contribution is 0.0474. The Morgan fingerprint density at radius 2 is 1.81 bits per heavy atom. The van der Waals surface area contributed by atoms with Crippen molar-refractivity contribution in [2.45, 2.75) is 12.8 Å². The zero-order valence-corrected chi connectivity index (χ0v) is 14.5. The third-order valence-electron chi connectivity index (χ3n) is 4.57. The average molecular weight is 370 g/mol. The summed E-state index contributed by atoms with van der Waals surface area (Å²) in [6.45, 7) is 1.16. The molecule has 4 rings (SSSR count). The molecule has 2 aromatic rings. The normalized spacial score (nSPS) is 15.0. The Hall–Kier alpha value is -3.29. The van der Waals surface area contributed by atoms with Gasteiger partial charge in [-0.3, -0.25) is 9.59 Å². The summed E-state index contributed by atoms with van der Waals surface area (Å²) in [7, 11) is 0. The third-order valence-corrected chi connectivity index (χ3v) is 4.57. The van der Waals surface area contributed by atoms with Crippen molar-refractivity contribution in [1.29, 1.82) is 0 Å². The molecule has 1 saturated heterocycles. The van der Waals surface area contributed by atoms with E-state index in [4.69, 9.17) is 14.2 Å². The molecule has 0 aliphatic carbocycles. The molecule has 1 fully saturated rings. The molecule has 0 unspecified atom stereocenters. The number of ether oxygens (including phenoxy) is 3. The van der Waals surface area contributed by atoms with E-state index in [1.807, 2.05) is 0 Å². The van der Waals surface area contributed by atoms with Crippen molar-refractivity contribution in [2.24, 2.45) is 0 Å². The Morgan fingerprint density at radius 3 is 2.63 bits per heavy atom. The van der Waals surface area contributed by atoms with Gasteiger partial charge in [0.2, 0.25) is 12.6 Å². The molecule has 27 heavy (non-hydrogen) atoms. The highest BCUT2D eigenvalue weighted by atomic mass is 16.7. The Labute approximate surface area is 155 Å². The van der Waals surface area contributed by atoms with Gasteiger partial charge in [-0.05, 0) is 37.1 Å². The number of carbonyl (C=O) groups is 3. The van der Waals surface area contributed by atoms with Crippen LogP contribution in [-0.2, 0) is 4.74 Å². The Morgan fingerprint density at radius 1 is 1.04 bits per heavy atom. The molecule has 0 radical (unpaired) electrons. The van der Waals surface area contributed by atoms with Gasteiger partial charge in [0.25, 0.3) is 5.91 Å². The van der Waals surface area contributed by atoms with E-state index in [1.54, 1.807) is 17.0 Å². The molecule has 140 valence electrons. The van der Waals surface area contributed by atoms with Gasteiger partial charge in [-0.25, -0.2) is 4.79 Å². The van der Waals surface area contributed by atoms with Gasteiger partial charge in [0, 0.05) is 24.8 Å². The van der Waals surface area contributed by atoms with Crippen LogP contribution in [0.15, 0.2) is 30.5 Å². The van der Waals surface area contributed by atoms with Crippen LogP contribution in [0.4, 0.5) is 0 Å². The minimum atomic E-state index is -0.634. The van der Waals surface area contributed by atoms with Gasteiger partial charge in [-0.15, -0.1) is 0 Å². The van der Waals surface area contributed by atoms with Crippen molar-refractivity contribution < 1.29 is 28.6 Å². The maximum Gasteiger partial charge on any atom is 0.338 e. The molecule has 0 atom stereocenters. The fraction of sp³-hybridized carbons (Fsp3) is 0.316. The van der Waals surface area contributed by atoms with E-state index < -0.39 is 12.6 Å². The number of Topliss-reactive ketones (excluding diaryl/α,β-unsaturated/α-hetero) is 1. The number of amides is 1. The number of aromatic amines is 1. The molecule has 0 saturated carbocycles. The zero-order chi connectivity index (χ0) is 18.8. The van der Waals surface area contributed by atoms with E-state index in [0.29, 0.717) is 22.8 Å². The van der Waals surface area contributed by atoms with Crippen molar-refractivity contribution in [3.63, 3.8) is 0 Å². The summed E-state index contributed by atoms with van der Waals surface area (Å²) in [6, 6.07) is 6.17. The molecule has 8 nitrogen and oxygen atoms in total. The Balaban J connectivity index is 1.35. The first-order valence-electron chi connectivity index (χ1n) is 8.69. The minimum Gasteiger partial charge on any atom is -0.454 e. The van der Waals surface area contributed by atoms with Crippen LogP contribution in [0.3, 0.4) is 0 Å². The van der Waals surface area contributed by atoms with Gasteiger partial charge >= 0.3 is 5.97 Å². The summed E-state index contributed by atoms with van der Waals surface area (Å²) in [4.78, 5) is 41.3. The van der Waals surface area contributed by atoms with Crippen molar-refractivity contribution >= 4 is 17.7 Å². The largest absolute Gasteiger partial charge is 0.454 e. The second-order valence-corrected chi connectivity index (χ2v) is 6.37. The molecule has 1 aromatic heterocycles. The van der Waals surface area contributed by atoms with Gasteiger partial charge in [-0.1, -0.05) is 0 Å². The van der Waals surface area contributed by atoms with Crippen LogP contribution in [0, 0.1) is 0 Å². The van der Waals surface area contributed by atoms with Gasteiger partial charge in [0.1, 0.15) is 5.69 Å². The van der Waals surface area contributed by atoms with E-state index in [2.05, 4.69) is 4.98 Å². The molecule has 0 spiro atoms. The number of benzene rings is 1. The molecule has 1 aromatic carbocycles. The molecule has 3 heterocycles. The highest BCUT2D eigenvalue weighted by Gasteiger charge is 2.22. The maximum absolute atomic E-state index is 12.3. The Bertz CT molecular complexity index is 897. The van der Waals surface area contributed by atoms with Crippen molar-refractivity contribution in [1.82, 2.24) is 9.88 Å². The maximum atomic E-state index is 12.3. The zero-order valence-electron chi connectivity index (χ0n) is 14.5. The van der Waals surface area contributed by atoms with Crippen molar-refractivity contribution in [3.8, 4) is 11.5 Å². The number of fused-ring (bicyclic) bond motifs is 1. The summed E-state index contributed by atoms with van der Waals surface area (Å²) < 4.78 is 15.5. The first-order valence-corrected chi connectivity index (χ1v) is 8.69. The highest BCUT2D eigenvalue weighted by molar-refractivity contribution is 6.02. The number of rotatable bonds is 5. The van der Waals surface area contributed by atoms with Gasteiger partial charge in [-0.2, -0.15) is 0 Å². The topological polar surface area (TPSA) is 97.9 Å². The first kappa shape index (κ1) is 17.1. The second-order valence-electron chi connectivity index (χ2n) is 6.37. The standard InChI is InChI=1S/C19H18N2O6/c22-15(13-7-14(20-9-13)18(23)21-5-1-2-6-21)10-25-19(24)12-3-4-16-17(8-12)27-11-26-16/h3-4,7-9,20H,1-2,5-6,10-11H2. The fourth-order valence-electron chi connectivity index (χ4n) is 3.09. The van der Waals surface area contributed by atoms with E-state index in [1.165, 1.54) is 18.3 Å². The quantitative estimate of drug-likeness (QED) is 0.639. The van der Waals surface area contributed by atoms with Crippen LogP contribution in [-0.4, -0.2) is 54.0 Å². The van der Waals surface area contributed by atoms with E-state index >= 15 is 0 Å². The van der Waals surface area contributed by atoms with Crippen LogP contribution in [0.2, 0.25) is 0 Å². The van der Waals surface area contributed by atoms with Crippen molar-refractivity contribution in [2.75, 3.05) is 26.5 Å². The summed E-state index contributed by atoms with van der Waals surface area (Å²) >= 11 is 0. The molecule has 1 N–H and O–H groups in total. The number of hydrogen-bond donors (Lipinski definition) is 1. The van der Waals surface area contributed by atoms with Crippen molar-refractivity contribution in [3.05, 3.63) is 47.3 Å². The second kappa shape index (κ2) is 7.14.